The van der Waals surface area contributed by atoms with E-state index in [9.17, 15) is 20.0 Å². The van der Waals surface area contributed by atoms with Crippen LogP contribution in [0.4, 0.5) is 5.69 Å². The summed E-state index contributed by atoms with van der Waals surface area (Å²) in [5, 5.41) is 21.1. The summed E-state index contributed by atoms with van der Waals surface area (Å²) in [6.07, 6.45) is -2.77. The minimum absolute atomic E-state index is 0.133. The molecule has 0 amide bonds. The van der Waals surface area contributed by atoms with Crippen LogP contribution in [0.15, 0.2) is 24.3 Å². The first kappa shape index (κ1) is 18.3. The molecule has 4 atom stereocenters. The molecule has 0 radical (unpaired) electrons. The number of hydrogen-bond acceptors (Lipinski definition) is 8. The van der Waals surface area contributed by atoms with Gasteiger partial charge in [-0.2, -0.15) is 0 Å². The van der Waals surface area contributed by atoms with Crippen molar-refractivity contribution < 1.29 is 33.8 Å². The third-order valence-electron chi connectivity index (χ3n) is 4.22. The van der Waals surface area contributed by atoms with Gasteiger partial charge in [-0.1, -0.05) is 0 Å². The Kier molecular flexibility index (Phi) is 4.90. The van der Waals surface area contributed by atoms with Crippen molar-refractivity contribution in [3.63, 3.8) is 0 Å². The summed E-state index contributed by atoms with van der Waals surface area (Å²) in [7, 11) is 2.69. The standard InChI is InChI=1S/C15H19NO8/c1-14(21-3)15(2,22-4)24-13(18)12(23-14)11(17)9-5-7-10(8-6-9)16(19)20/h5-8,11-12,17H,1-4H3/t11-,12-,14+,15+/m1/s1. The smallest absolute Gasteiger partial charge is 0.341 e. The molecule has 24 heavy (non-hydrogen) atoms. The molecule has 1 N–H and O–H groups in total. The van der Waals surface area contributed by atoms with E-state index in [0.29, 0.717) is 0 Å². The molecule has 0 bridgehead atoms. The molecule has 1 saturated heterocycles. The van der Waals surface area contributed by atoms with Crippen molar-refractivity contribution in [2.75, 3.05) is 14.2 Å². The number of cyclic esters (lactones) is 1. The normalized spacial score (nSPS) is 31.4. The summed E-state index contributed by atoms with van der Waals surface area (Å²) in [5.74, 6) is -3.79. The van der Waals surface area contributed by atoms with E-state index in [1.54, 1.807) is 0 Å². The van der Waals surface area contributed by atoms with Gasteiger partial charge in [0.1, 0.15) is 6.10 Å². The lowest BCUT2D eigenvalue weighted by Gasteiger charge is -2.48. The molecular formula is C15H19NO8. The molecular weight excluding hydrogens is 322 g/mol. The molecule has 1 aliphatic heterocycles. The van der Waals surface area contributed by atoms with E-state index in [2.05, 4.69) is 0 Å². The van der Waals surface area contributed by atoms with E-state index in [1.807, 2.05) is 0 Å². The number of aliphatic hydroxyl groups is 1. The minimum atomic E-state index is -1.50. The number of ether oxygens (including phenoxy) is 4. The van der Waals surface area contributed by atoms with Crippen LogP contribution in [0.2, 0.25) is 0 Å². The number of rotatable bonds is 5. The number of benzene rings is 1. The maximum atomic E-state index is 12.2. The van der Waals surface area contributed by atoms with E-state index in [0.717, 1.165) is 0 Å². The van der Waals surface area contributed by atoms with Crippen LogP contribution in [0.25, 0.3) is 0 Å². The average molecular weight is 341 g/mol. The average Bonchev–Trinajstić information content (AvgIpc) is 2.57. The molecule has 9 nitrogen and oxygen atoms in total. The maximum absolute atomic E-state index is 12.2. The van der Waals surface area contributed by atoms with E-state index in [-0.39, 0.29) is 11.3 Å². The van der Waals surface area contributed by atoms with Crippen molar-refractivity contribution in [1.82, 2.24) is 0 Å². The number of aliphatic hydroxyl groups excluding tert-OH is 1. The van der Waals surface area contributed by atoms with Gasteiger partial charge in [0.15, 0.2) is 6.10 Å². The van der Waals surface area contributed by atoms with Gasteiger partial charge in [0.2, 0.25) is 5.79 Å². The van der Waals surface area contributed by atoms with Crippen LogP contribution in [0.3, 0.4) is 0 Å². The summed E-state index contributed by atoms with van der Waals surface area (Å²) in [6, 6.07) is 5.13. The molecule has 1 aromatic rings. The quantitative estimate of drug-likeness (QED) is 0.484. The highest BCUT2D eigenvalue weighted by atomic mass is 16.8. The number of carbonyl (C=O) groups is 1. The van der Waals surface area contributed by atoms with Crippen LogP contribution < -0.4 is 0 Å². The van der Waals surface area contributed by atoms with Crippen molar-refractivity contribution in [3.8, 4) is 0 Å². The Bertz CT molecular complexity index is 633. The Morgan fingerprint density at radius 1 is 1.21 bits per heavy atom. The first-order valence-corrected chi connectivity index (χ1v) is 7.11. The van der Waals surface area contributed by atoms with Crippen molar-refractivity contribution in [2.45, 2.75) is 37.6 Å². The van der Waals surface area contributed by atoms with Gasteiger partial charge in [-0.05, 0) is 24.6 Å². The third-order valence-corrected chi connectivity index (χ3v) is 4.22. The number of nitrogens with zero attached hydrogens (tertiary/aromatic N) is 1. The van der Waals surface area contributed by atoms with Gasteiger partial charge in [0.25, 0.3) is 11.5 Å². The number of carbonyl (C=O) groups excluding carboxylic acids is 1. The Morgan fingerprint density at radius 2 is 1.75 bits per heavy atom. The van der Waals surface area contributed by atoms with E-state index >= 15 is 0 Å². The van der Waals surface area contributed by atoms with Crippen LogP contribution in [0.5, 0.6) is 0 Å². The summed E-state index contributed by atoms with van der Waals surface area (Å²) >= 11 is 0. The molecule has 9 heteroatoms. The zero-order chi connectivity index (χ0) is 18.1. The molecule has 1 fully saturated rings. The summed E-state index contributed by atoms with van der Waals surface area (Å²) in [4.78, 5) is 22.3. The SMILES string of the molecule is CO[C@@]1(C)OC(=O)[C@@H]([C@H](O)c2ccc([N+](=O)[O-])cc2)O[C@]1(C)OC. The lowest BCUT2D eigenvalue weighted by molar-refractivity contribution is -0.411. The second kappa shape index (κ2) is 6.44. The van der Waals surface area contributed by atoms with Crippen molar-refractivity contribution in [2.24, 2.45) is 0 Å². The Labute approximate surface area is 138 Å². The van der Waals surface area contributed by atoms with Gasteiger partial charge >= 0.3 is 5.97 Å². The highest BCUT2D eigenvalue weighted by Crippen LogP contribution is 2.40. The zero-order valence-electron chi connectivity index (χ0n) is 13.7. The number of nitro benzene ring substituents is 1. The fourth-order valence-electron chi connectivity index (χ4n) is 2.36. The molecule has 1 heterocycles. The highest BCUT2D eigenvalue weighted by molar-refractivity contribution is 5.77. The van der Waals surface area contributed by atoms with Crippen LogP contribution >= 0.6 is 0 Å². The minimum Gasteiger partial charge on any atom is -0.425 e. The van der Waals surface area contributed by atoms with Crippen LogP contribution in [0.1, 0.15) is 25.5 Å². The van der Waals surface area contributed by atoms with E-state index in [1.165, 1.54) is 52.3 Å². The lowest BCUT2D eigenvalue weighted by atomic mass is 10.0. The summed E-state index contributed by atoms with van der Waals surface area (Å²) in [5.41, 5.74) is 0.133. The zero-order valence-corrected chi connectivity index (χ0v) is 13.7. The van der Waals surface area contributed by atoms with Gasteiger partial charge in [-0.25, -0.2) is 4.79 Å². The predicted molar refractivity (Wildman–Crippen MR) is 79.8 cm³/mol. The van der Waals surface area contributed by atoms with Crippen LogP contribution in [0, 0.1) is 10.1 Å². The Morgan fingerprint density at radius 3 is 2.21 bits per heavy atom. The number of non-ortho nitro benzene ring substituents is 1. The molecule has 0 unspecified atom stereocenters. The first-order chi connectivity index (χ1) is 11.2. The second-order valence-corrected chi connectivity index (χ2v) is 5.55. The number of methoxy groups -OCH3 is 2. The number of nitro groups is 1. The second-order valence-electron chi connectivity index (χ2n) is 5.55. The van der Waals surface area contributed by atoms with E-state index in [4.69, 9.17) is 18.9 Å². The largest absolute Gasteiger partial charge is 0.425 e. The van der Waals surface area contributed by atoms with Gasteiger partial charge < -0.3 is 24.1 Å². The predicted octanol–water partition coefficient (Wildman–Crippen LogP) is 1.30. The molecule has 132 valence electrons. The van der Waals surface area contributed by atoms with Crippen molar-refractivity contribution in [1.29, 1.82) is 0 Å². The first-order valence-electron chi connectivity index (χ1n) is 7.11. The molecule has 2 rings (SSSR count). The fourth-order valence-corrected chi connectivity index (χ4v) is 2.36. The van der Waals surface area contributed by atoms with Gasteiger partial charge in [0, 0.05) is 33.3 Å². The molecule has 0 aromatic heterocycles. The van der Waals surface area contributed by atoms with Crippen molar-refractivity contribution >= 4 is 11.7 Å². The van der Waals surface area contributed by atoms with Gasteiger partial charge in [-0.15, -0.1) is 0 Å². The number of hydrogen-bond donors (Lipinski definition) is 1. The summed E-state index contributed by atoms with van der Waals surface area (Å²) in [6.45, 7) is 2.99. The van der Waals surface area contributed by atoms with Crippen LogP contribution in [-0.4, -0.2) is 47.9 Å². The fraction of sp³-hybridized carbons (Fsp3) is 0.533. The van der Waals surface area contributed by atoms with E-state index < -0.39 is 34.7 Å². The highest BCUT2D eigenvalue weighted by Gasteiger charge is 2.58. The third kappa shape index (κ3) is 2.98. The Balaban J connectivity index is 2.27. The topological polar surface area (TPSA) is 117 Å². The molecule has 0 saturated carbocycles. The Hall–Kier alpha value is -2.07. The van der Waals surface area contributed by atoms with Gasteiger partial charge in [-0.3, -0.25) is 10.1 Å². The molecule has 0 aliphatic carbocycles. The van der Waals surface area contributed by atoms with Gasteiger partial charge in [0.05, 0.1) is 4.92 Å². The summed E-state index contributed by atoms with van der Waals surface area (Å²) < 4.78 is 21.4. The molecule has 1 aliphatic rings. The monoisotopic (exact) mass is 341 g/mol. The molecule has 0 spiro atoms. The molecule has 1 aromatic carbocycles. The lowest BCUT2D eigenvalue weighted by Crippen LogP contribution is -2.64. The number of esters is 1. The van der Waals surface area contributed by atoms with Crippen molar-refractivity contribution in [3.05, 3.63) is 39.9 Å². The maximum Gasteiger partial charge on any atom is 0.341 e. The van der Waals surface area contributed by atoms with Crippen LogP contribution in [-0.2, 0) is 23.7 Å².